The maximum Gasteiger partial charge on any atom is 0.337 e. The van der Waals surface area contributed by atoms with Gasteiger partial charge in [0.2, 0.25) is 5.91 Å². The van der Waals surface area contributed by atoms with Crippen LogP contribution < -0.4 is 5.32 Å². The fraction of sp³-hybridized carbons (Fsp3) is 0.385. The molecule has 1 amide bonds. The van der Waals surface area contributed by atoms with Gasteiger partial charge in [0.05, 0.1) is 11.3 Å². The lowest BCUT2D eigenvalue weighted by Crippen LogP contribution is -2.22. The van der Waals surface area contributed by atoms with Crippen molar-refractivity contribution in [2.45, 2.75) is 26.7 Å². The normalized spacial score (nSPS) is 10.3. The van der Waals surface area contributed by atoms with E-state index in [0.29, 0.717) is 5.69 Å². The number of para-hydroxylation sites is 1. The summed E-state index contributed by atoms with van der Waals surface area (Å²) >= 11 is 0. The van der Waals surface area contributed by atoms with Gasteiger partial charge in [0.25, 0.3) is 0 Å². The van der Waals surface area contributed by atoms with Gasteiger partial charge in [-0.05, 0) is 25.0 Å². The second-order valence-corrected chi connectivity index (χ2v) is 3.85. The van der Waals surface area contributed by atoms with Crippen LogP contribution in [0, 0.1) is 5.92 Å². The van der Waals surface area contributed by atoms with Crippen molar-refractivity contribution in [2.75, 3.05) is 5.32 Å². The zero-order chi connectivity index (χ0) is 12.8. The smallest absolute Gasteiger partial charge is 0.337 e. The Hall–Kier alpha value is -1.84. The summed E-state index contributed by atoms with van der Waals surface area (Å²) in [6, 6.07) is 6.42. The topological polar surface area (TPSA) is 66.4 Å². The number of carbonyl (C=O) groups is 2. The molecule has 0 fully saturated rings. The number of hydrogen-bond donors (Lipinski definition) is 2. The maximum absolute atomic E-state index is 11.8. The molecular weight excluding hydrogens is 218 g/mol. The molecule has 1 rings (SSSR count). The summed E-state index contributed by atoms with van der Waals surface area (Å²) in [6.45, 7) is 3.88. The van der Waals surface area contributed by atoms with E-state index in [0.717, 1.165) is 12.8 Å². The van der Waals surface area contributed by atoms with Crippen molar-refractivity contribution in [3.05, 3.63) is 29.8 Å². The van der Waals surface area contributed by atoms with Crippen LogP contribution in [0.25, 0.3) is 0 Å². The molecule has 0 radical (unpaired) electrons. The van der Waals surface area contributed by atoms with Crippen molar-refractivity contribution in [3.8, 4) is 0 Å². The van der Waals surface area contributed by atoms with E-state index in [4.69, 9.17) is 5.11 Å². The lowest BCUT2D eigenvalue weighted by atomic mass is 10.0. The van der Waals surface area contributed by atoms with Crippen LogP contribution >= 0.6 is 0 Å². The average molecular weight is 235 g/mol. The minimum Gasteiger partial charge on any atom is -0.478 e. The SMILES string of the molecule is CCC(CC)C(=O)Nc1ccccc1C(=O)O. The van der Waals surface area contributed by atoms with E-state index in [1.165, 1.54) is 6.07 Å². The molecule has 0 aromatic heterocycles. The van der Waals surface area contributed by atoms with Crippen LogP contribution in [0.2, 0.25) is 0 Å². The van der Waals surface area contributed by atoms with E-state index in [-0.39, 0.29) is 17.4 Å². The van der Waals surface area contributed by atoms with Gasteiger partial charge in [-0.15, -0.1) is 0 Å². The van der Waals surface area contributed by atoms with Gasteiger partial charge in [0.15, 0.2) is 0 Å². The molecule has 0 unspecified atom stereocenters. The van der Waals surface area contributed by atoms with Crippen LogP contribution in [0.3, 0.4) is 0 Å². The number of hydrogen-bond acceptors (Lipinski definition) is 2. The number of anilines is 1. The molecule has 92 valence electrons. The molecule has 0 aliphatic carbocycles. The highest BCUT2D eigenvalue weighted by Crippen LogP contribution is 2.17. The first kappa shape index (κ1) is 13.2. The minimum atomic E-state index is -1.04. The van der Waals surface area contributed by atoms with Gasteiger partial charge in [-0.3, -0.25) is 4.79 Å². The summed E-state index contributed by atoms with van der Waals surface area (Å²) < 4.78 is 0. The molecule has 0 saturated carbocycles. The number of rotatable bonds is 5. The number of carboxylic acid groups (broad SMARTS) is 1. The van der Waals surface area contributed by atoms with Crippen molar-refractivity contribution in [2.24, 2.45) is 5.92 Å². The first-order valence-corrected chi connectivity index (χ1v) is 5.73. The summed E-state index contributed by atoms with van der Waals surface area (Å²) in [5, 5.41) is 11.7. The van der Waals surface area contributed by atoms with Gasteiger partial charge in [-0.1, -0.05) is 26.0 Å². The number of nitrogens with one attached hydrogen (secondary N) is 1. The van der Waals surface area contributed by atoms with Crippen LogP contribution in [0.15, 0.2) is 24.3 Å². The van der Waals surface area contributed by atoms with E-state index in [1.54, 1.807) is 18.2 Å². The van der Waals surface area contributed by atoms with Crippen LogP contribution in [0.4, 0.5) is 5.69 Å². The highest BCUT2D eigenvalue weighted by Gasteiger charge is 2.17. The number of carbonyl (C=O) groups excluding carboxylic acids is 1. The van der Waals surface area contributed by atoms with Crippen molar-refractivity contribution in [1.29, 1.82) is 0 Å². The molecule has 1 aromatic rings. The predicted molar refractivity (Wildman–Crippen MR) is 66.1 cm³/mol. The monoisotopic (exact) mass is 235 g/mol. The van der Waals surface area contributed by atoms with Gasteiger partial charge >= 0.3 is 5.97 Å². The molecule has 0 aliphatic heterocycles. The van der Waals surface area contributed by atoms with Gasteiger partial charge in [0.1, 0.15) is 0 Å². The first-order valence-electron chi connectivity index (χ1n) is 5.73. The summed E-state index contributed by atoms with van der Waals surface area (Å²) in [5.74, 6) is -1.23. The van der Waals surface area contributed by atoms with Crippen LogP contribution in [-0.4, -0.2) is 17.0 Å². The molecule has 17 heavy (non-hydrogen) atoms. The fourth-order valence-corrected chi connectivity index (χ4v) is 1.67. The number of carboxylic acids is 1. The van der Waals surface area contributed by atoms with Gasteiger partial charge in [-0.25, -0.2) is 4.79 Å². The van der Waals surface area contributed by atoms with Gasteiger partial charge < -0.3 is 10.4 Å². The molecule has 0 bridgehead atoms. The molecule has 0 spiro atoms. The standard InChI is InChI=1S/C13H17NO3/c1-3-9(4-2)12(15)14-11-8-6-5-7-10(11)13(16)17/h5-9H,3-4H2,1-2H3,(H,14,15)(H,16,17). The van der Waals surface area contributed by atoms with E-state index in [2.05, 4.69) is 5.32 Å². The van der Waals surface area contributed by atoms with E-state index < -0.39 is 5.97 Å². The van der Waals surface area contributed by atoms with Gasteiger partial charge in [0, 0.05) is 5.92 Å². The third-order valence-corrected chi connectivity index (χ3v) is 2.77. The van der Waals surface area contributed by atoms with Crippen molar-refractivity contribution in [3.63, 3.8) is 0 Å². The predicted octanol–water partition coefficient (Wildman–Crippen LogP) is 2.76. The Kier molecular flexibility index (Phi) is 4.69. The zero-order valence-electron chi connectivity index (χ0n) is 10.1. The Bertz CT molecular complexity index is 411. The van der Waals surface area contributed by atoms with Crippen molar-refractivity contribution < 1.29 is 14.7 Å². The first-order chi connectivity index (χ1) is 8.10. The minimum absolute atomic E-state index is 0.0724. The largest absolute Gasteiger partial charge is 0.478 e. The molecule has 4 heteroatoms. The molecule has 1 aromatic carbocycles. The Labute approximate surface area is 101 Å². The molecule has 2 N–H and O–H groups in total. The second kappa shape index (κ2) is 6.03. The highest BCUT2D eigenvalue weighted by atomic mass is 16.4. The van der Waals surface area contributed by atoms with Crippen LogP contribution in [0.5, 0.6) is 0 Å². The van der Waals surface area contributed by atoms with Crippen molar-refractivity contribution in [1.82, 2.24) is 0 Å². The quantitative estimate of drug-likeness (QED) is 0.824. The summed E-state index contributed by atoms with van der Waals surface area (Å²) in [7, 11) is 0. The summed E-state index contributed by atoms with van der Waals surface area (Å²) in [5.41, 5.74) is 0.476. The summed E-state index contributed by atoms with van der Waals surface area (Å²) in [6.07, 6.45) is 1.50. The van der Waals surface area contributed by atoms with E-state index in [1.807, 2.05) is 13.8 Å². The molecule has 0 saturated heterocycles. The Morgan fingerprint density at radius 3 is 2.35 bits per heavy atom. The molecule has 0 heterocycles. The molecule has 0 aliphatic rings. The molecule has 0 atom stereocenters. The number of amides is 1. The summed E-state index contributed by atoms with van der Waals surface area (Å²) in [4.78, 5) is 22.8. The van der Waals surface area contributed by atoms with Crippen LogP contribution in [-0.2, 0) is 4.79 Å². The Morgan fingerprint density at radius 1 is 1.24 bits per heavy atom. The number of aromatic carboxylic acids is 1. The third-order valence-electron chi connectivity index (χ3n) is 2.77. The Balaban J connectivity index is 2.88. The lowest BCUT2D eigenvalue weighted by Gasteiger charge is -2.14. The average Bonchev–Trinajstić information content (AvgIpc) is 2.31. The van der Waals surface area contributed by atoms with Gasteiger partial charge in [-0.2, -0.15) is 0 Å². The van der Waals surface area contributed by atoms with Crippen molar-refractivity contribution >= 4 is 17.6 Å². The van der Waals surface area contributed by atoms with E-state index >= 15 is 0 Å². The number of benzene rings is 1. The third kappa shape index (κ3) is 3.31. The van der Waals surface area contributed by atoms with E-state index in [9.17, 15) is 9.59 Å². The molecular formula is C13H17NO3. The lowest BCUT2D eigenvalue weighted by molar-refractivity contribution is -0.120. The molecule has 4 nitrogen and oxygen atoms in total. The maximum atomic E-state index is 11.8. The van der Waals surface area contributed by atoms with Crippen LogP contribution in [0.1, 0.15) is 37.0 Å². The highest BCUT2D eigenvalue weighted by molar-refractivity contribution is 6.01. The fourth-order valence-electron chi connectivity index (χ4n) is 1.67. The second-order valence-electron chi connectivity index (χ2n) is 3.85. The zero-order valence-corrected chi connectivity index (χ0v) is 10.1. The Morgan fingerprint density at radius 2 is 1.82 bits per heavy atom.